The fourth-order valence-electron chi connectivity index (χ4n) is 3.70. The Labute approximate surface area is 184 Å². The second-order valence-electron chi connectivity index (χ2n) is 7.57. The Balaban J connectivity index is 1.77. The molecule has 32 heavy (non-hydrogen) atoms. The number of nitrogens with one attached hydrogen (secondary N) is 1. The lowest BCUT2D eigenvalue weighted by molar-refractivity contribution is -0.384. The number of anilines is 1. The highest BCUT2D eigenvalue weighted by atomic mass is 16.6. The third-order valence-corrected chi connectivity index (χ3v) is 5.07. The van der Waals surface area contributed by atoms with Gasteiger partial charge in [0.2, 0.25) is 0 Å². The van der Waals surface area contributed by atoms with Crippen molar-refractivity contribution in [3.8, 4) is 0 Å². The van der Waals surface area contributed by atoms with E-state index in [-0.39, 0.29) is 23.5 Å². The third-order valence-electron chi connectivity index (χ3n) is 5.07. The molecule has 0 unspecified atom stereocenters. The third kappa shape index (κ3) is 4.11. The molecule has 1 aromatic heterocycles. The van der Waals surface area contributed by atoms with Gasteiger partial charge in [0.1, 0.15) is 5.70 Å². The summed E-state index contributed by atoms with van der Waals surface area (Å²) < 4.78 is 0. The van der Waals surface area contributed by atoms with Gasteiger partial charge in [-0.2, -0.15) is 0 Å². The van der Waals surface area contributed by atoms with Gasteiger partial charge >= 0.3 is 0 Å². The van der Waals surface area contributed by atoms with E-state index in [1.54, 1.807) is 24.4 Å². The van der Waals surface area contributed by atoms with E-state index in [0.717, 1.165) is 16.0 Å². The largest absolute Gasteiger partial charge is 0.350 e. The quantitative estimate of drug-likeness (QED) is 0.361. The minimum Gasteiger partial charge on any atom is -0.350 e. The number of nitro groups is 1. The Morgan fingerprint density at radius 3 is 2.25 bits per heavy atom. The first-order valence-corrected chi connectivity index (χ1v) is 9.94. The van der Waals surface area contributed by atoms with Crippen LogP contribution in [0.2, 0.25) is 0 Å². The maximum atomic E-state index is 13.3. The highest BCUT2D eigenvalue weighted by molar-refractivity contribution is 6.36. The Morgan fingerprint density at radius 2 is 1.66 bits per heavy atom. The van der Waals surface area contributed by atoms with Gasteiger partial charge < -0.3 is 5.32 Å². The zero-order valence-corrected chi connectivity index (χ0v) is 17.5. The van der Waals surface area contributed by atoms with Crippen LogP contribution in [0.5, 0.6) is 0 Å². The lowest BCUT2D eigenvalue weighted by atomic mass is 10.0. The van der Waals surface area contributed by atoms with Crippen molar-refractivity contribution < 1.29 is 14.5 Å². The maximum Gasteiger partial charge on any atom is 0.278 e. The van der Waals surface area contributed by atoms with Crippen LogP contribution < -0.4 is 5.32 Å². The lowest BCUT2D eigenvalue weighted by Gasteiger charge is -2.15. The number of nitrogens with zero attached hydrogens (tertiary/aromatic N) is 3. The van der Waals surface area contributed by atoms with Crippen LogP contribution in [-0.2, 0) is 16.1 Å². The van der Waals surface area contributed by atoms with Crippen molar-refractivity contribution >= 4 is 28.8 Å². The smallest absolute Gasteiger partial charge is 0.278 e. The van der Waals surface area contributed by atoms with Gasteiger partial charge in [-0.3, -0.25) is 29.6 Å². The predicted molar refractivity (Wildman–Crippen MR) is 119 cm³/mol. The number of carbonyl (C=O) groups excluding carboxylic acids is 2. The van der Waals surface area contributed by atoms with Gasteiger partial charge in [0.15, 0.2) is 0 Å². The molecule has 2 amide bonds. The molecule has 0 saturated heterocycles. The summed E-state index contributed by atoms with van der Waals surface area (Å²) in [6.45, 7) is 3.91. The molecule has 160 valence electrons. The van der Waals surface area contributed by atoms with Gasteiger partial charge in [-0.15, -0.1) is 0 Å². The first-order valence-electron chi connectivity index (χ1n) is 9.94. The summed E-state index contributed by atoms with van der Waals surface area (Å²) in [5, 5.41) is 14.1. The number of pyridine rings is 1. The summed E-state index contributed by atoms with van der Waals surface area (Å²) in [6, 6.07) is 16.6. The van der Waals surface area contributed by atoms with E-state index in [1.807, 2.05) is 32.0 Å². The van der Waals surface area contributed by atoms with Crippen LogP contribution in [0.15, 0.2) is 72.6 Å². The number of benzene rings is 2. The van der Waals surface area contributed by atoms with Crippen molar-refractivity contribution in [3.63, 3.8) is 0 Å². The zero-order valence-electron chi connectivity index (χ0n) is 17.5. The second-order valence-corrected chi connectivity index (χ2v) is 7.57. The molecule has 0 atom stereocenters. The van der Waals surface area contributed by atoms with Crippen molar-refractivity contribution in [2.45, 2.75) is 20.4 Å². The molecule has 0 aliphatic carbocycles. The van der Waals surface area contributed by atoms with E-state index in [0.29, 0.717) is 16.9 Å². The number of non-ortho nitro benzene ring substituents is 1. The fraction of sp³-hybridized carbons (Fsp3) is 0.125. The number of imide groups is 1. The summed E-state index contributed by atoms with van der Waals surface area (Å²) in [5.74, 6) is -0.963. The van der Waals surface area contributed by atoms with Crippen molar-refractivity contribution in [2.24, 2.45) is 0 Å². The topological polar surface area (TPSA) is 105 Å². The molecule has 0 radical (unpaired) electrons. The summed E-state index contributed by atoms with van der Waals surface area (Å²) in [4.78, 5) is 42.5. The van der Waals surface area contributed by atoms with E-state index in [4.69, 9.17) is 0 Å². The number of hydrogen-bond acceptors (Lipinski definition) is 6. The first-order chi connectivity index (χ1) is 15.3. The number of nitro benzene ring substituents is 1. The summed E-state index contributed by atoms with van der Waals surface area (Å²) in [6.07, 6.45) is 1.60. The van der Waals surface area contributed by atoms with Crippen LogP contribution in [-0.4, -0.2) is 26.6 Å². The lowest BCUT2D eigenvalue weighted by Crippen LogP contribution is -2.32. The number of hydrogen-bond donors (Lipinski definition) is 1. The molecule has 2 aromatic carbocycles. The fourth-order valence-corrected chi connectivity index (χ4v) is 3.70. The predicted octanol–water partition coefficient (Wildman–Crippen LogP) is 4.00. The number of amides is 2. The van der Waals surface area contributed by atoms with E-state index < -0.39 is 16.7 Å². The Kier molecular flexibility index (Phi) is 5.51. The van der Waals surface area contributed by atoms with E-state index in [1.165, 1.54) is 24.3 Å². The Hall–Kier alpha value is -4.33. The number of aryl methyl sites for hydroxylation is 2. The monoisotopic (exact) mass is 428 g/mol. The molecule has 2 heterocycles. The van der Waals surface area contributed by atoms with Crippen molar-refractivity contribution in [1.82, 2.24) is 9.88 Å². The van der Waals surface area contributed by atoms with Gasteiger partial charge in [-0.25, -0.2) is 0 Å². The average molecular weight is 428 g/mol. The molecule has 4 rings (SSSR count). The van der Waals surface area contributed by atoms with Gasteiger partial charge in [0, 0.05) is 24.0 Å². The van der Waals surface area contributed by atoms with Crippen LogP contribution in [0.25, 0.3) is 5.57 Å². The number of rotatable bonds is 6. The van der Waals surface area contributed by atoms with Gasteiger partial charge in [0.05, 0.1) is 22.7 Å². The summed E-state index contributed by atoms with van der Waals surface area (Å²) >= 11 is 0. The zero-order chi connectivity index (χ0) is 22.8. The van der Waals surface area contributed by atoms with E-state index in [9.17, 15) is 19.7 Å². The Morgan fingerprint density at radius 1 is 0.969 bits per heavy atom. The van der Waals surface area contributed by atoms with Crippen molar-refractivity contribution in [2.75, 3.05) is 5.32 Å². The van der Waals surface area contributed by atoms with Crippen LogP contribution in [0, 0.1) is 24.0 Å². The molecule has 1 N–H and O–H groups in total. The standard InChI is InChI=1S/C24H20N4O4/c1-15-11-16(2)13-19(12-15)26-22-21(17-6-8-20(9-7-17)28(31)32)23(29)27(24(22)30)14-18-5-3-4-10-25-18/h3-13,26H,14H2,1-2H3. The maximum absolute atomic E-state index is 13.3. The molecule has 0 fully saturated rings. The van der Waals surface area contributed by atoms with E-state index >= 15 is 0 Å². The Bertz CT molecular complexity index is 1230. The molecule has 0 bridgehead atoms. The van der Waals surface area contributed by atoms with Crippen molar-refractivity contribution in [3.05, 3.63) is 105 Å². The normalized spacial score (nSPS) is 13.6. The number of aromatic nitrogens is 1. The summed E-state index contributed by atoms with van der Waals surface area (Å²) in [5.41, 5.74) is 3.89. The molecule has 8 nitrogen and oxygen atoms in total. The second kappa shape index (κ2) is 8.43. The molecule has 3 aromatic rings. The number of carbonyl (C=O) groups is 2. The molecule has 1 aliphatic rings. The van der Waals surface area contributed by atoms with Gasteiger partial charge in [-0.05, 0) is 66.9 Å². The van der Waals surface area contributed by atoms with Crippen LogP contribution in [0.1, 0.15) is 22.4 Å². The van der Waals surface area contributed by atoms with Crippen LogP contribution in [0.3, 0.4) is 0 Å². The van der Waals surface area contributed by atoms with E-state index in [2.05, 4.69) is 10.3 Å². The van der Waals surface area contributed by atoms with Gasteiger partial charge in [0.25, 0.3) is 17.5 Å². The molecular formula is C24H20N4O4. The SMILES string of the molecule is Cc1cc(C)cc(NC2=C(c3ccc([N+](=O)[O-])cc3)C(=O)N(Cc3ccccn3)C2=O)c1. The molecule has 0 saturated carbocycles. The molecule has 8 heteroatoms. The minimum absolute atomic E-state index is 0.0208. The summed E-state index contributed by atoms with van der Waals surface area (Å²) in [7, 11) is 0. The van der Waals surface area contributed by atoms with Gasteiger partial charge in [-0.1, -0.05) is 12.1 Å². The molecule has 0 spiro atoms. The average Bonchev–Trinajstić information content (AvgIpc) is 2.98. The minimum atomic E-state index is -0.512. The van der Waals surface area contributed by atoms with Crippen LogP contribution in [0.4, 0.5) is 11.4 Å². The first kappa shape index (κ1) is 20.9. The molecular weight excluding hydrogens is 408 g/mol. The van der Waals surface area contributed by atoms with Crippen molar-refractivity contribution in [1.29, 1.82) is 0 Å². The molecule has 1 aliphatic heterocycles. The highest BCUT2D eigenvalue weighted by Gasteiger charge is 2.39. The van der Waals surface area contributed by atoms with Crippen LogP contribution >= 0.6 is 0 Å². The highest BCUT2D eigenvalue weighted by Crippen LogP contribution is 2.32.